The Bertz CT molecular complexity index is 1560. The van der Waals surface area contributed by atoms with Gasteiger partial charge in [0.1, 0.15) is 19.3 Å². The highest BCUT2D eigenvalue weighted by atomic mass is 31.2. The first kappa shape index (κ1) is 68.9. The predicted octanol–water partition coefficient (Wildman–Crippen LogP) is 17.6. The molecule has 0 aromatic heterocycles. The van der Waals surface area contributed by atoms with Crippen molar-refractivity contribution in [3.8, 4) is 0 Å². The van der Waals surface area contributed by atoms with Crippen LogP contribution in [0.4, 0.5) is 0 Å². The molecular formula is C62H110N2O7P+. The van der Waals surface area contributed by atoms with E-state index in [4.69, 9.17) is 13.8 Å². The molecule has 0 aliphatic rings. The topological polar surface area (TPSA) is 111 Å². The van der Waals surface area contributed by atoms with E-state index in [9.17, 15) is 19.0 Å². The molecule has 0 spiro atoms. The molecule has 1 amide bonds. The Labute approximate surface area is 443 Å². The van der Waals surface area contributed by atoms with Crippen LogP contribution in [0.3, 0.4) is 0 Å². The number of rotatable bonds is 51. The van der Waals surface area contributed by atoms with Crippen LogP contribution < -0.4 is 5.32 Å². The maximum atomic E-state index is 13.5. The quantitative estimate of drug-likeness (QED) is 0.0205. The van der Waals surface area contributed by atoms with Gasteiger partial charge in [0.05, 0.1) is 33.8 Å². The number of phosphoric acid groups is 1. The maximum absolute atomic E-state index is 13.5. The number of nitrogens with one attached hydrogen (secondary N) is 1. The van der Waals surface area contributed by atoms with Crippen molar-refractivity contribution in [3.05, 3.63) is 97.2 Å². The molecule has 0 rings (SSSR count). The number of carbonyl (C=O) groups excluding carboxylic acids is 2. The van der Waals surface area contributed by atoms with Crippen molar-refractivity contribution >= 4 is 19.7 Å². The molecular weight excluding hydrogens is 916 g/mol. The zero-order valence-electron chi connectivity index (χ0n) is 47.1. The first-order valence-electron chi connectivity index (χ1n) is 29.1. The van der Waals surface area contributed by atoms with Gasteiger partial charge < -0.3 is 19.4 Å². The minimum atomic E-state index is -4.46. The van der Waals surface area contributed by atoms with Crippen LogP contribution in [-0.4, -0.2) is 74.3 Å². The van der Waals surface area contributed by atoms with E-state index >= 15 is 0 Å². The van der Waals surface area contributed by atoms with Crippen molar-refractivity contribution in [1.82, 2.24) is 5.32 Å². The van der Waals surface area contributed by atoms with Gasteiger partial charge >= 0.3 is 13.8 Å². The van der Waals surface area contributed by atoms with Gasteiger partial charge in [0.2, 0.25) is 5.91 Å². The molecule has 0 saturated heterocycles. The molecule has 0 radical (unpaired) electrons. The van der Waals surface area contributed by atoms with Crippen LogP contribution in [0.2, 0.25) is 0 Å². The zero-order chi connectivity index (χ0) is 52.9. The number of hydrogen-bond donors (Lipinski definition) is 2. The largest absolute Gasteiger partial charge is 0.472 e. The van der Waals surface area contributed by atoms with Crippen molar-refractivity contribution in [2.45, 2.75) is 245 Å². The molecule has 0 fully saturated rings. The summed E-state index contributed by atoms with van der Waals surface area (Å²) in [6, 6.07) is -0.871. The highest BCUT2D eigenvalue weighted by Crippen LogP contribution is 2.43. The van der Waals surface area contributed by atoms with Gasteiger partial charge in [-0.25, -0.2) is 4.57 Å². The molecule has 414 valence electrons. The lowest BCUT2D eigenvalue weighted by molar-refractivity contribution is -0.870. The molecule has 0 aromatic rings. The first-order valence-corrected chi connectivity index (χ1v) is 30.6. The van der Waals surface area contributed by atoms with Gasteiger partial charge in [-0.3, -0.25) is 18.6 Å². The third-order valence-electron chi connectivity index (χ3n) is 12.3. The Balaban J connectivity index is 5.43. The van der Waals surface area contributed by atoms with Crippen LogP contribution in [0.1, 0.15) is 233 Å². The number of likely N-dealkylation sites (N-methyl/N-ethyl adjacent to an activating group) is 1. The maximum Gasteiger partial charge on any atom is 0.472 e. The Morgan fingerprint density at radius 1 is 0.500 bits per heavy atom. The molecule has 10 heteroatoms. The van der Waals surface area contributed by atoms with Crippen LogP contribution in [-0.2, 0) is 27.9 Å². The second-order valence-electron chi connectivity index (χ2n) is 20.4. The molecule has 0 aliphatic carbocycles. The number of esters is 1. The van der Waals surface area contributed by atoms with Crippen molar-refractivity contribution in [3.63, 3.8) is 0 Å². The SMILES string of the molecule is CC/C=C\C/C=C\C/C=C\C/C=C\C/C=C\CCCCCC(=O)OC(/C=C/CCCCCCCCCCCCC)C(COP(=O)(O)OCC[N+](C)(C)C)NC(=O)CCCCCCCCC/C=C/C/C=C/CC. The van der Waals surface area contributed by atoms with E-state index in [0.717, 1.165) is 116 Å². The summed E-state index contributed by atoms with van der Waals surface area (Å²) in [7, 11) is 1.46. The number of allylic oxidation sites excluding steroid dienone is 15. The van der Waals surface area contributed by atoms with E-state index in [1.165, 1.54) is 77.0 Å². The van der Waals surface area contributed by atoms with Crippen LogP contribution in [0.5, 0.6) is 0 Å². The Hall–Kier alpha value is -3.07. The fraction of sp³-hybridized carbons (Fsp3) is 0.710. The molecule has 3 atom stereocenters. The molecule has 2 N–H and O–H groups in total. The summed E-state index contributed by atoms with van der Waals surface area (Å²) in [6.45, 7) is 6.75. The highest BCUT2D eigenvalue weighted by Gasteiger charge is 2.30. The second kappa shape index (κ2) is 51.4. The van der Waals surface area contributed by atoms with Crippen LogP contribution in [0, 0.1) is 0 Å². The van der Waals surface area contributed by atoms with E-state index in [1.54, 1.807) is 0 Å². The smallest absolute Gasteiger partial charge is 0.456 e. The third-order valence-corrected chi connectivity index (χ3v) is 13.3. The minimum Gasteiger partial charge on any atom is -0.456 e. The van der Waals surface area contributed by atoms with Crippen LogP contribution >= 0.6 is 7.82 Å². The summed E-state index contributed by atoms with van der Waals surface area (Å²) < 4.78 is 30.6. The van der Waals surface area contributed by atoms with Crippen LogP contribution in [0.25, 0.3) is 0 Å². The van der Waals surface area contributed by atoms with Crippen molar-refractivity contribution in [2.24, 2.45) is 0 Å². The summed E-state index contributed by atoms with van der Waals surface area (Å²) in [5.74, 6) is -0.558. The molecule has 3 unspecified atom stereocenters. The van der Waals surface area contributed by atoms with Gasteiger partial charge in [0.15, 0.2) is 0 Å². The highest BCUT2D eigenvalue weighted by molar-refractivity contribution is 7.47. The predicted molar refractivity (Wildman–Crippen MR) is 309 cm³/mol. The normalized spacial score (nSPS) is 14.5. The lowest BCUT2D eigenvalue weighted by Crippen LogP contribution is -2.47. The van der Waals surface area contributed by atoms with E-state index in [2.05, 4.69) is 111 Å². The first-order chi connectivity index (χ1) is 34.9. The zero-order valence-corrected chi connectivity index (χ0v) is 48.0. The van der Waals surface area contributed by atoms with Gasteiger partial charge in [0, 0.05) is 12.8 Å². The van der Waals surface area contributed by atoms with Gasteiger partial charge in [-0.2, -0.15) is 0 Å². The van der Waals surface area contributed by atoms with Crippen molar-refractivity contribution < 1.29 is 37.3 Å². The summed E-state index contributed by atoms with van der Waals surface area (Å²) in [6.07, 6.45) is 68.3. The van der Waals surface area contributed by atoms with Crippen molar-refractivity contribution in [1.29, 1.82) is 0 Å². The summed E-state index contributed by atoms with van der Waals surface area (Å²) in [5, 5.41) is 3.03. The number of quaternary nitrogens is 1. The molecule has 0 aliphatic heterocycles. The van der Waals surface area contributed by atoms with E-state index in [1.807, 2.05) is 33.3 Å². The summed E-state index contributed by atoms with van der Waals surface area (Å²) in [4.78, 5) is 37.6. The molecule has 9 nitrogen and oxygen atoms in total. The average molecular weight is 1030 g/mol. The molecule has 0 saturated carbocycles. The van der Waals surface area contributed by atoms with Gasteiger partial charge in [-0.15, -0.1) is 0 Å². The molecule has 0 aromatic carbocycles. The number of unbranched alkanes of at least 4 members (excludes halogenated alkanes) is 21. The fourth-order valence-electron chi connectivity index (χ4n) is 7.83. The standard InChI is InChI=1S/C62H109N2O7P/c1-7-10-13-16-19-22-25-28-30-31-32-33-34-37-40-43-46-49-52-55-62(66)71-60(53-50-47-44-41-38-35-27-24-21-18-15-12-9-3)59(58-70-72(67,68)69-57-56-64(4,5)6)63-61(65)54-51-48-45-42-39-36-29-26-23-20-17-14-11-8-2/h10-11,13-14,19-20,22-23,28,30,32-33,37,40,50,53,59-60H,7-9,12,15-18,21,24-27,29,31,34-36,38-39,41-49,51-52,54-58H2,1-6H3,(H-,63,65,67,68)/p+1/b13-10-,14-11+,22-19-,23-20+,30-28-,33-32-,40-37-,53-50+. The fourth-order valence-corrected chi connectivity index (χ4v) is 8.56. The van der Waals surface area contributed by atoms with Crippen molar-refractivity contribution in [2.75, 3.05) is 40.9 Å². The van der Waals surface area contributed by atoms with E-state index in [0.29, 0.717) is 23.9 Å². The summed E-state index contributed by atoms with van der Waals surface area (Å²) in [5.41, 5.74) is 0. The van der Waals surface area contributed by atoms with Gasteiger partial charge in [-0.1, -0.05) is 215 Å². The third kappa shape index (κ3) is 51.8. The molecule has 0 heterocycles. The average Bonchev–Trinajstić information content (AvgIpc) is 3.34. The van der Waals surface area contributed by atoms with Gasteiger partial charge in [0.25, 0.3) is 0 Å². The Morgan fingerprint density at radius 2 is 0.889 bits per heavy atom. The number of amides is 1. The lowest BCUT2D eigenvalue weighted by atomic mass is 10.0. The second-order valence-corrected chi connectivity index (χ2v) is 21.9. The number of hydrogen-bond acceptors (Lipinski definition) is 6. The number of phosphoric ester groups is 1. The number of ether oxygens (including phenoxy) is 1. The number of nitrogens with zero attached hydrogens (tertiary/aromatic N) is 1. The monoisotopic (exact) mass is 1030 g/mol. The van der Waals surface area contributed by atoms with E-state index in [-0.39, 0.29) is 31.5 Å². The van der Waals surface area contributed by atoms with Crippen LogP contribution in [0.15, 0.2) is 97.2 Å². The summed E-state index contributed by atoms with van der Waals surface area (Å²) >= 11 is 0. The Morgan fingerprint density at radius 3 is 1.35 bits per heavy atom. The molecule has 0 bridgehead atoms. The van der Waals surface area contributed by atoms with Gasteiger partial charge in [-0.05, 0) is 102 Å². The Kier molecular flexibility index (Phi) is 49.2. The number of carbonyl (C=O) groups is 2. The van der Waals surface area contributed by atoms with E-state index < -0.39 is 20.0 Å². The lowest BCUT2D eigenvalue weighted by Gasteiger charge is -2.27. The minimum absolute atomic E-state index is 0.0284. The molecule has 72 heavy (non-hydrogen) atoms.